The van der Waals surface area contributed by atoms with E-state index < -0.39 is 0 Å². The summed E-state index contributed by atoms with van der Waals surface area (Å²) in [5.41, 5.74) is 3.33. The lowest BCUT2D eigenvalue weighted by Crippen LogP contribution is -2.29. The van der Waals surface area contributed by atoms with Crippen LogP contribution in [0, 0.1) is 0 Å². The molecule has 0 radical (unpaired) electrons. The first-order valence-electron chi connectivity index (χ1n) is 10.6. The van der Waals surface area contributed by atoms with Crippen molar-refractivity contribution in [3.05, 3.63) is 139 Å². The molecule has 0 fully saturated rings. The summed E-state index contributed by atoms with van der Waals surface area (Å²) in [4.78, 5) is 1.28. The first-order chi connectivity index (χ1) is 15.8. The van der Waals surface area contributed by atoms with Crippen LogP contribution in [0.2, 0.25) is 0 Å². The molecule has 0 atom stereocenters. The zero-order valence-electron chi connectivity index (χ0n) is 17.9. The van der Waals surface area contributed by atoms with Gasteiger partial charge in [0.1, 0.15) is 11.5 Å². The van der Waals surface area contributed by atoms with Crippen molar-refractivity contribution < 1.29 is 9.47 Å². The predicted octanol–water partition coefficient (Wildman–Crippen LogP) is 7.67. The smallest absolute Gasteiger partial charge is 0.126 e. The molecule has 0 spiro atoms. The van der Waals surface area contributed by atoms with Crippen LogP contribution >= 0.6 is 11.8 Å². The molecule has 0 aromatic heterocycles. The van der Waals surface area contributed by atoms with Crippen LogP contribution in [0.15, 0.2) is 128 Å². The van der Waals surface area contributed by atoms with Gasteiger partial charge in [-0.05, 0) is 53.4 Å². The molecule has 2 nitrogen and oxygen atoms in total. The molecule has 4 rings (SSSR count). The van der Waals surface area contributed by atoms with Crippen molar-refractivity contribution in [1.29, 1.82) is 0 Å². The summed E-state index contributed by atoms with van der Waals surface area (Å²) in [6.07, 6.45) is 12.5. The highest BCUT2D eigenvalue weighted by Gasteiger charge is 2.37. The van der Waals surface area contributed by atoms with E-state index in [1.54, 1.807) is 0 Å². The summed E-state index contributed by atoms with van der Waals surface area (Å²) >= 11 is 1.86. The Hall–Kier alpha value is -3.43. The second-order valence-electron chi connectivity index (χ2n) is 7.39. The van der Waals surface area contributed by atoms with E-state index >= 15 is 0 Å². The second-order valence-corrected chi connectivity index (χ2v) is 8.45. The van der Waals surface area contributed by atoms with Crippen LogP contribution in [0.25, 0.3) is 0 Å². The maximum absolute atomic E-state index is 5.49. The fraction of sp³-hybridized carbons (Fsp3) is 0.103. The summed E-state index contributed by atoms with van der Waals surface area (Å²) < 4.78 is 11.0. The summed E-state index contributed by atoms with van der Waals surface area (Å²) in [6.45, 7) is 7.33. The van der Waals surface area contributed by atoms with Crippen LogP contribution < -0.4 is 9.47 Å². The molecule has 32 heavy (non-hydrogen) atoms. The van der Waals surface area contributed by atoms with Gasteiger partial charge in [-0.3, -0.25) is 0 Å². The highest BCUT2D eigenvalue weighted by molar-refractivity contribution is 7.99. The van der Waals surface area contributed by atoms with Gasteiger partial charge >= 0.3 is 0 Å². The Kier molecular flexibility index (Phi) is 6.98. The minimum Gasteiger partial charge on any atom is -0.466 e. The van der Waals surface area contributed by atoms with E-state index in [9.17, 15) is 0 Å². The monoisotopic (exact) mass is 438 g/mol. The zero-order chi connectivity index (χ0) is 22.2. The van der Waals surface area contributed by atoms with Gasteiger partial charge in [0.05, 0.1) is 12.5 Å². The number of rotatable bonds is 6. The fourth-order valence-corrected chi connectivity index (χ4v) is 5.15. The van der Waals surface area contributed by atoms with Crippen molar-refractivity contribution >= 4 is 11.8 Å². The lowest BCUT2D eigenvalue weighted by molar-refractivity contribution is 0.481. The predicted molar refractivity (Wildman–Crippen MR) is 134 cm³/mol. The maximum Gasteiger partial charge on any atom is 0.126 e. The Balaban J connectivity index is 1.97. The van der Waals surface area contributed by atoms with Crippen molar-refractivity contribution in [3.8, 4) is 11.5 Å². The van der Waals surface area contributed by atoms with Crippen molar-refractivity contribution in [2.75, 3.05) is 5.75 Å². The van der Waals surface area contributed by atoms with Crippen molar-refractivity contribution in [2.45, 2.75) is 16.7 Å². The standard InChI is InChI=1S/C29H26O2S/c1-3-30-25-17-13-23(14-18-25)29(24-15-19-26(20-16-24)31-4-2)21-9-5-6-10-22-32-28-12-8-7-11-27(28)29/h3-20H,1-2,21-22H2/b9-5-,10-6-. The number of allylic oxidation sites excluding steroid dienone is 3. The molecule has 0 N–H and O–H groups in total. The van der Waals surface area contributed by atoms with E-state index in [1.807, 2.05) is 36.0 Å². The Morgan fingerprint density at radius 1 is 0.719 bits per heavy atom. The number of thioether (sulfide) groups is 1. The van der Waals surface area contributed by atoms with Crippen LogP contribution in [0.3, 0.4) is 0 Å². The Bertz CT molecular complexity index is 1070. The van der Waals surface area contributed by atoms with E-state index in [-0.39, 0.29) is 5.41 Å². The number of fused-ring (bicyclic) bond motifs is 1. The lowest BCUT2D eigenvalue weighted by atomic mass is 9.67. The molecule has 3 aromatic rings. The number of ether oxygens (including phenoxy) is 2. The minimum atomic E-state index is -0.370. The van der Waals surface area contributed by atoms with E-state index in [0.29, 0.717) is 0 Å². The highest BCUT2D eigenvalue weighted by atomic mass is 32.2. The third kappa shape index (κ3) is 4.44. The summed E-state index contributed by atoms with van der Waals surface area (Å²) in [6, 6.07) is 25.4. The molecule has 0 saturated heterocycles. The first-order valence-corrected chi connectivity index (χ1v) is 11.6. The van der Waals surface area contributed by atoms with Crippen LogP contribution in [-0.2, 0) is 5.41 Å². The molecular weight excluding hydrogens is 412 g/mol. The Morgan fingerprint density at radius 2 is 1.28 bits per heavy atom. The molecule has 0 aliphatic carbocycles. The topological polar surface area (TPSA) is 18.5 Å². The van der Waals surface area contributed by atoms with Gasteiger partial charge in [-0.25, -0.2) is 0 Å². The third-order valence-electron chi connectivity index (χ3n) is 5.62. The quantitative estimate of drug-likeness (QED) is 0.368. The Labute approximate surface area is 194 Å². The molecule has 160 valence electrons. The lowest BCUT2D eigenvalue weighted by Gasteiger charge is -2.37. The van der Waals surface area contributed by atoms with Crippen molar-refractivity contribution in [3.63, 3.8) is 0 Å². The SMILES string of the molecule is C=COc1ccc(C2(c3ccc(OC=C)cc3)C/C=C\C=C/CSc3ccccc32)cc1. The fourth-order valence-electron chi connectivity index (χ4n) is 4.19. The third-order valence-corrected chi connectivity index (χ3v) is 6.65. The van der Waals surface area contributed by atoms with Crippen molar-refractivity contribution in [1.82, 2.24) is 0 Å². The maximum atomic E-state index is 5.49. The van der Waals surface area contributed by atoms with Gasteiger partial charge in [0.2, 0.25) is 0 Å². The average Bonchev–Trinajstić information content (AvgIpc) is 2.83. The molecule has 0 bridgehead atoms. The highest BCUT2D eigenvalue weighted by Crippen LogP contribution is 2.47. The van der Waals surface area contributed by atoms with Gasteiger partial charge in [0, 0.05) is 16.1 Å². The van der Waals surface area contributed by atoms with Gasteiger partial charge in [0.15, 0.2) is 0 Å². The summed E-state index contributed by atoms with van der Waals surface area (Å²) in [5.74, 6) is 2.47. The second kappa shape index (κ2) is 10.3. The van der Waals surface area contributed by atoms with Gasteiger partial charge in [-0.2, -0.15) is 0 Å². The molecule has 1 aliphatic rings. The normalized spacial score (nSPS) is 16.8. The van der Waals surface area contributed by atoms with Gasteiger partial charge in [-0.1, -0.05) is 79.9 Å². The van der Waals surface area contributed by atoms with Crippen LogP contribution in [0.4, 0.5) is 0 Å². The van der Waals surface area contributed by atoms with Gasteiger partial charge in [0.25, 0.3) is 0 Å². The largest absolute Gasteiger partial charge is 0.466 e. The minimum absolute atomic E-state index is 0.370. The van der Waals surface area contributed by atoms with Crippen LogP contribution in [0.5, 0.6) is 11.5 Å². The molecule has 1 heterocycles. The Morgan fingerprint density at radius 3 is 1.88 bits per heavy atom. The van der Waals surface area contributed by atoms with Crippen LogP contribution in [-0.4, -0.2) is 5.75 Å². The zero-order valence-corrected chi connectivity index (χ0v) is 18.8. The molecule has 0 saturated carbocycles. The molecule has 3 aromatic carbocycles. The van der Waals surface area contributed by atoms with Crippen LogP contribution in [0.1, 0.15) is 23.1 Å². The first kappa shape index (κ1) is 21.8. The summed E-state index contributed by atoms with van der Waals surface area (Å²) in [7, 11) is 0. The van der Waals surface area contributed by atoms with Gasteiger partial charge < -0.3 is 9.47 Å². The van der Waals surface area contributed by atoms with Crippen molar-refractivity contribution in [2.24, 2.45) is 0 Å². The summed E-state index contributed by atoms with van der Waals surface area (Å²) in [5, 5.41) is 0. The number of hydrogen-bond donors (Lipinski definition) is 0. The molecule has 0 unspecified atom stereocenters. The van der Waals surface area contributed by atoms with Gasteiger partial charge in [-0.15, -0.1) is 11.8 Å². The molecule has 1 aliphatic heterocycles. The molecular formula is C29H26O2S. The van der Waals surface area contributed by atoms with E-state index in [4.69, 9.17) is 9.47 Å². The number of hydrogen-bond acceptors (Lipinski definition) is 3. The molecule has 3 heteroatoms. The number of benzene rings is 3. The van der Waals surface area contributed by atoms with E-state index in [1.165, 1.54) is 34.1 Å². The average molecular weight is 439 g/mol. The molecule has 0 amide bonds. The van der Waals surface area contributed by atoms with E-state index in [2.05, 4.69) is 86.0 Å². The van der Waals surface area contributed by atoms with E-state index in [0.717, 1.165) is 23.7 Å².